The number of H-pyrrole nitrogens is 1. The molecular formula is C14H10N6O2. The van der Waals surface area contributed by atoms with E-state index in [1.54, 1.807) is 16.8 Å². The molecule has 0 atom stereocenters. The largest absolute Gasteiger partial charge is 0.363 e. The molecule has 4 aromatic rings. The highest BCUT2D eigenvalue weighted by Gasteiger charge is 2.12. The molecule has 0 radical (unpaired) electrons. The molecule has 0 aliphatic heterocycles. The van der Waals surface area contributed by atoms with E-state index in [9.17, 15) is 4.79 Å². The van der Waals surface area contributed by atoms with Crippen LogP contribution in [0.1, 0.15) is 10.5 Å². The SMILES string of the molecule is O=C(Nc1cnoc1)c1cn2cc(-c3ccn[nH]3)ccc2n1. The molecule has 0 bridgehead atoms. The minimum atomic E-state index is -0.324. The third kappa shape index (κ3) is 2.12. The fraction of sp³-hybridized carbons (Fsp3) is 0. The average Bonchev–Trinajstić information content (AvgIpc) is 3.27. The summed E-state index contributed by atoms with van der Waals surface area (Å²) in [5.74, 6) is -0.324. The number of imidazole rings is 1. The smallest absolute Gasteiger partial charge is 0.276 e. The van der Waals surface area contributed by atoms with Gasteiger partial charge in [0, 0.05) is 24.2 Å². The van der Waals surface area contributed by atoms with Gasteiger partial charge in [-0.1, -0.05) is 5.16 Å². The van der Waals surface area contributed by atoms with Gasteiger partial charge in [0.25, 0.3) is 5.91 Å². The Balaban J connectivity index is 1.67. The van der Waals surface area contributed by atoms with E-state index in [4.69, 9.17) is 0 Å². The van der Waals surface area contributed by atoms with Gasteiger partial charge in [-0.2, -0.15) is 5.10 Å². The zero-order valence-electron chi connectivity index (χ0n) is 11.2. The quantitative estimate of drug-likeness (QED) is 0.601. The summed E-state index contributed by atoms with van der Waals surface area (Å²) in [5, 5.41) is 13.0. The summed E-state index contributed by atoms with van der Waals surface area (Å²) in [6.07, 6.45) is 8.00. The first-order valence-corrected chi connectivity index (χ1v) is 6.49. The maximum atomic E-state index is 12.1. The van der Waals surface area contributed by atoms with Gasteiger partial charge in [0.15, 0.2) is 0 Å². The van der Waals surface area contributed by atoms with Gasteiger partial charge < -0.3 is 14.2 Å². The molecular weight excluding hydrogens is 284 g/mol. The molecule has 8 nitrogen and oxygen atoms in total. The van der Waals surface area contributed by atoms with Gasteiger partial charge in [-0.3, -0.25) is 9.89 Å². The number of nitrogens with zero attached hydrogens (tertiary/aromatic N) is 4. The Morgan fingerprint density at radius 2 is 2.23 bits per heavy atom. The van der Waals surface area contributed by atoms with Crippen LogP contribution in [0.4, 0.5) is 5.69 Å². The molecule has 108 valence electrons. The van der Waals surface area contributed by atoms with Gasteiger partial charge in [0.05, 0.1) is 11.9 Å². The van der Waals surface area contributed by atoms with Crippen LogP contribution >= 0.6 is 0 Å². The van der Waals surface area contributed by atoms with Gasteiger partial charge in [-0.05, 0) is 18.2 Å². The standard InChI is InChI=1S/C14H10N6O2/c21-14(17-10-5-16-22-8-10)12-7-20-6-9(1-2-13(20)18-12)11-3-4-15-19-11/h1-8H,(H,15,19)(H,17,21). The zero-order valence-corrected chi connectivity index (χ0v) is 11.2. The molecule has 1 amide bonds. The van der Waals surface area contributed by atoms with E-state index in [0.29, 0.717) is 17.0 Å². The molecule has 0 saturated heterocycles. The van der Waals surface area contributed by atoms with Crippen molar-refractivity contribution >= 4 is 17.2 Å². The van der Waals surface area contributed by atoms with Crippen molar-refractivity contribution in [1.82, 2.24) is 24.7 Å². The van der Waals surface area contributed by atoms with E-state index >= 15 is 0 Å². The summed E-state index contributed by atoms with van der Waals surface area (Å²) in [5.41, 5.74) is 3.32. The number of amides is 1. The van der Waals surface area contributed by atoms with Crippen molar-refractivity contribution in [3.8, 4) is 11.3 Å². The number of rotatable bonds is 3. The molecule has 0 spiro atoms. The van der Waals surface area contributed by atoms with Gasteiger partial charge in [-0.25, -0.2) is 4.98 Å². The molecule has 0 fully saturated rings. The van der Waals surface area contributed by atoms with Crippen molar-refractivity contribution in [3.63, 3.8) is 0 Å². The van der Waals surface area contributed by atoms with Crippen molar-refractivity contribution in [2.24, 2.45) is 0 Å². The number of fused-ring (bicyclic) bond motifs is 1. The predicted molar refractivity (Wildman–Crippen MR) is 77.2 cm³/mol. The van der Waals surface area contributed by atoms with E-state index < -0.39 is 0 Å². The summed E-state index contributed by atoms with van der Waals surface area (Å²) < 4.78 is 6.46. The normalized spacial score (nSPS) is 10.9. The van der Waals surface area contributed by atoms with Crippen molar-refractivity contribution in [2.75, 3.05) is 5.32 Å². The number of hydrogen-bond acceptors (Lipinski definition) is 5. The van der Waals surface area contributed by atoms with Crippen LogP contribution < -0.4 is 5.32 Å². The summed E-state index contributed by atoms with van der Waals surface area (Å²) in [6.45, 7) is 0. The van der Waals surface area contributed by atoms with E-state index in [-0.39, 0.29) is 5.91 Å². The number of aromatic nitrogens is 5. The topological polar surface area (TPSA) is 101 Å². The van der Waals surface area contributed by atoms with Crippen LogP contribution in [-0.4, -0.2) is 30.6 Å². The molecule has 0 aromatic carbocycles. The number of pyridine rings is 1. The summed E-state index contributed by atoms with van der Waals surface area (Å²) in [6, 6.07) is 5.63. The van der Waals surface area contributed by atoms with Crippen LogP contribution in [0.2, 0.25) is 0 Å². The molecule has 4 rings (SSSR count). The van der Waals surface area contributed by atoms with Crippen LogP contribution in [0.3, 0.4) is 0 Å². The minimum absolute atomic E-state index is 0.308. The van der Waals surface area contributed by atoms with Crippen LogP contribution in [0, 0.1) is 0 Å². The second-order valence-corrected chi connectivity index (χ2v) is 4.65. The first-order chi connectivity index (χ1) is 10.8. The second kappa shape index (κ2) is 4.85. The lowest BCUT2D eigenvalue weighted by molar-refractivity contribution is 0.102. The molecule has 0 unspecified atom stereocenters. The number of hydrogen-bond donors (Lipinski definition) is 2. The lowest BCUT2D eigenvalue weighted by Crippen LogP contribution is -2.11. The average molecular weight is 294 g/mol. The maximum Gasteiger partial charge on any atom is 0.276 e. The second-order valence-electron chi connectivity index (χ2n) is 4.65. The Morgan fingerprint density at radius 3 is 3.00 bits per heavy atom. The molecule has 4 heterocycles. The Kier molecular flexibility index (Phi) is 2.72. The summed E-state index contributed by atoms with van der Waals surface area (Å²) in [4.78, 5) is 16.4. The zero-order chi connectivity index (χ0) is 14.9. The predicted octanol–water partition coefficient (Wildman–Crippen LogP) is 1.96. The van der Waals surface area contributed by atoms with Gasteiger partial charge >= 0.3 is 0 Å². The van der Waals surface area contributed by atoms with Gasteiger partial charge in [-0.15, -0.1) is 0 Å². The van der Waals surface area contributed by atoms with Crippen molar-refractivity contribution < 1.29 is 9.32 Å². The van der Waals surface area contributed by atoms with Crippen LogP contribution in [0.15, 0.2) is 53.8 Å². The highest BCUT2D eigenvalue weighted by Crippen LogP contribution is 2.18. The number of aromatic amines is 1. The summed E-state index contributed by atoms with van der Waals surface area (Å²) >= 11 is 0. The van der Waals surface area contributed by atoms with E-state index in [1.807, 2.05) is 24.4 Å². The third-order valence-electron chi connectivity index (χ3n) is 3.19. The lowest BCUT2D eigenvalue weighted by atomic mass is 10.2. The molecule has 0 aliphatic rings. The molecule has 4 aromatic heterocycles. The van der Waals surface area contributed by atoms with Gasteiger partial charge in [0.1, 0.15) is 23.3 Å². The Morgan fingerprint density at radius 1 is 1.27 bits per heavy atom. The third-order valence-corrected chi connectivity index (χ3v) is 3.19. The first kappa shape index (κ1) is 12.3. The van der Waals surface area contributed by atoms with E-state index in [0.717, 1.165) is 11.3 Å². The number of nitrogens with one attached hydrogen (secondary N) is 2. The molecule has 0 aliphatic carbocycles. The Labute approximate surface area is 123 Å². The fourth-order valence-corrected chi connectivity index (χ4v) is 2.14. The number of carbonyl (C=O) groups is 1. The highest BCUT2D eigenvalue weighted by atomic mass is 16.5. The van der Waals surface area contributed by atoms with E-state index in [1.165, 1.54) is 12.5 Å². The van der Waals surface area contributed by atoms with Crippen LogP contribution in [0.25, 0.3) is 16.9 Å². The van der Waals surface area contributed by atoms with Gasteiger partial charge in [0.2, 0.25) is 0 Å². The molecule has 8 heteroatoms. The molecule has 0 saturated carbocycles. The van der Waals surface area contributed by atoms with E-state index in [2.05, 4.69) is 30.2 Å². The van der Waals surface area contributed by atoms with Crippen molar-refractivity contribution in [2.45, 2.75) is 0 Å². The maximum absolute atomic E-state index is 12.1. The van der Waals surface area contributed by atoms with Crippen LogP contribution in [0.5, 0.6) is 0 Å². The van der Waals surface area contributed by atoms with Crippen molar-refractivity contribution in [1.29, 1.82) is 0 Å². The highest BCUT2D eigenvalue weighted by molar-refractivity contribution is 6.03. The van der Waals surface area contributed by atoms with Crippen molar-refractivity contribution in [3.05, 3.63) is 54.9 Å². The fourth-order valence-electron chi connectivity index (χ4n) is 2.14. The minimum Gasteiger partial charge on any atom is -0.363 e. The Bertz CT molecular complexity index is 924. The monoisotopic (exact) mass is 294 g/mol. The van der Waals surface area contributed by atoms with Crippen LogP contribution in [-0.2, 0) is 0 Å². The Hall–Kier alpha value is -3.42. The lowest BCUT2D eigenvalue weighted by Gasteiger charge is -1.98. The first-order valence-electron chi connectivity index (χ1n) is 6.49. The molecule has 2 N–H and O–H groups in total. The molecule has 22 heavy (non-hydrogen) atoms. The number of carbonyl (C=O) groups excluding carboxylic acids is 1. The number of anilines is 1. The summed E-state index contributed by atoms with van der Waals surface area (Å²) in [7, 11) is 0.